The largest absolute Gasteiger partial charge is 0.489 e. The fourth-order valence-electron chi connectivity index (χ4n) is 1.80. The molecule has 0 heterocycles. The number of ether oxygens (including phenoxy) is 1. The summed E-state index contributed by atoms with van der Waals surface area (Å²) in [5, 5.41) is 0. The number of carbonyl (C=O) groups is 1. The highest BCUT2D eigenvalue weighted by Gasteiger charge is 2.17. The first-order valence-electron chi connectivity index (χ1n) is 5.76. The van der Waals surface area contributed by atoms with Crippen LogP contribution in [0.5, 0.6) is 0 Å². The van der Waals surface area contributed by atoms with Gasteiger partial charge >= 0.3 is 0 Å². The lowest BCUT2D eigenvalue weighted by Gasteiger charge is -2.17. The molecule has 0 N–H and O–H groups in total. The minimum Gasteiger partial charge on any atom is -0.489 e. The predicted molar refractivity (Wildman–Crippen MR) is 68.5 cm³/mol. The summed E-state index contributed by atoms with van der Waals surface area (Å²) in [5.74, 6) is 0.797. The first-order valence-corrected chi connectivity index (χ1v) is 5.76. The van der Waals surface area contributed by atoms with Crippen LogP contribution >= 0.6 is 0 Å². The Morgan fingerprint density at radius 2 is 2.12 bits per heavy atom. The maximum atomic E-state index is 11.6. The van der Waals surface area contributed by atoms with Gasteiger partial charge < -0.3 is 4.74 Å². The highest BCUT2D eigenvalue weighted by molar-refractivity contribution is 6.00. The Morgan fingerprint density at radius 1 is 1.35 bits per heavy atom. The molecular weight excluding hydrogens is 212 g/mol. The smallest absolute Gasteiger partial charge is 0.163 e. The molecule has 0 amide bonds. The quantitative estimate of drug-likeness (QED) is 0.743. The third kappa shape index (κ3) is 2.84. The van der Waals surface area contributed by atoms with E-state index in [-0.39, 0.29) is 5.78 Å². The summed E-state index contributed by atoms with van der Waals surface area (Å²) >= 11 is 0. The van der Waals surface area contributed by atoms with Crippen molar-refractivity contribution in [3.8, 4) is 0 Å². The van der Waals surface area contributed by atoms with Crippen molar-refractivity contribution < 1.29 is 9.53 Å². The number of hydrogen-bond acceptors (Lipinski definition) is 2. The number of ketones is 1. The van der Waals surface area contributed by atoms with Gasteiger partial charge in [-0.3, -0.25) is 4.79 Å². The van der Waals surface area contributed by atoms with E-state index in [1.54, 1.807) is 6.08 Å². The summed E-state index contributed by atoms with van der Waals surface area (Å²) in [6.45, 7) is 4.56. The third-order valence-electron chi connectivity index (χ3n) is 2.67. The van der Waals surface area contributed by atoms with Crippen molar-refractivity contribution in [3.63, 3.8) is 0 Å². The molecule has 0 spiro atoms. The molecule has 0 unspecified atom stereocenters. The Balaban J connectivity index is 2.21. The van der Waals surface area contributed by atoms with Gasteiger partial charge in [0.05, 0.1) is 0 Å². The van der Waals surface area contributed by atoms with Crippen LogP contribution in [0.3, 0.4) is 0 Å². The Bertz CT molecular complexity index is 491. The Labute approximate surface area is 102 Å². The van der Waals surface area contributed by atoms with Gasteiger partial charge in [0, 0.05) is 18.1 Å². The molecule has 2 nitrogen and oxygen atoms in total. The first kappa shape index (κ1) is 11.6. The molecule has 0 aromatic heterocycles. The van der Waals surface area contributed by atoms with Crippen LogP contribution in [-0.2, 0) is 16.0 Å². The van der Waals surface area contributed by atoms with Crippen molar-refractivity contribution in [2.45, 2.75) is 20.3 Å². The second-order valence-electron chi connectivity index (χ2n) is 4.40. The zero-order valence-corrected chi connectivity index (χ0v) is 10.2. The molecule has 1 aliphatic rings. The van der Waals surface area contributed by atoms with E-state index in [4.69, 9.17) is 4.74 Å². The van der Waals surface area contributed by atoms with E-state index in [0.717, 1.165) is 11.1 Å². The molecule has 1 aromatic rings. The normalized spacial score (nSPS) is 13.8. The molecule has 0 bridgehead atoms. The van der Waals surface area contributed by atoms with Gasteiger partial charge in [0.15, 0.2) is 5.78 Å². The summed E-state index contributed by atoms with van der Waals surface area (Å²) in [7, 11) is 0. The van der Waals surface area contributed by atoms with E-state index in [2.05, 4.69) is 0 Å². The molecule has 0 saturated carbocycles. The Morgan fingerprint density at radius 3 is 2.88 bits per heavy atom. The van der Waals surface area contributed by atoms with Crippen LogP contribution in [0.1, 0.15) is 25.0 Å². The average Bonchev–Trinajstić information content (AvgIpc) is 2.28. The van der Waals surface area contributed by atoms with Gasteiger partial charge in [0.25, 0.3) is 0 Å². The number of rotatable bonds is 3. The fourth-order valence-corrected chi connectivity index (χ4v) is 1.80. The summed E-state index contributed by atoms with van der Waals surface area (Å²) in [5.41, 5.74) is 3.29. The van der Waals surface area contributed by atoms with E-state index in [1.165, 1.54) is 5.57 Å². The van der Waals surface area contributed by atoms with Crippen LogP contribution in [0.2, 0.25) is 0 Å². The van der Waals surface area contributed by atoms with E-state index in [9.17, 15) is 4.79 Å². The van der Waals surface area contributed by atoms with E-state index in [0.29, 0.717) is 18.8 Å². The molecule has 0 saturated heterocycles. The molecule has 1 aliphatic carbocycles. The monoisotopic (exact) mass is 228 g/mol. The predicted octanol–water partition coefficient (Wildman–Crippen LogP) is 3.14. The summed E-state index contributed by atoms with van der Waals surface area (Å²) in [6, 6.07) is 7.89. The minimum atomic E-state index is 0.107. The molecule has 0 fully saturated rings. The lowest BCUT2D eigenvalue weighted by Crippen LogP contribution is -2.10. The molecule has 0 aliphatic heterocycles. The van der Waals surface area contributed by atoms with Crippen LogP contribution in [0, 0.1) is 0 Å². The van der Waals surface area contributed by atoms with Crippen LogP contribution in [0.25, 0.3) is 5.76 Å². The molecule has 1 aromatic carbocycles. The molecular formula is C15H16O2. The first-order chi connectivity index (χ1) is 8.16. The van der Waals surface area contributed by atoms with Gasteiger partial charge in [-0.05, 0) is 25.5 Å². The van der Waals surface area contributed by atoms with Crippen LogP contribution in [0.15, 0.2) is 42.0 Å². The Kier molecular flexibility index (Phi) is 3.43. The molecule has 0 radical (unpaired) electrons. The Hall–Kier alpha value is -1.83. The van der Waals surface area contributed by atoms with Gasteiger partial charge in [-0.2, -0.15) is 0 Å². The van der Waals surface area contributed by atoms with Crippen LogP contribution < -0.4 is 0 Å². The zero-order chi connectivity index (χ0) is 12.3. The molecule has 17 heavy (non-hydrogen) atoms. The number of benzene rings is 1. The fraction of sp³-hybridized carbons (Fsp3) is 0.267. The van der Waals surface area contributed by atoms with Gasteiger partial charge in [-0.15, -0.1) is 0 Å². The standard InChI is InChI=1S/C15H16O2/c1-11(2)7-8-17-15-10-13(16)9-12-5-3-4-6-14(12)15/h3-7,10H,8-9H2,1-2H3. The highest BCUT2D eigenvalue weighted by Crippen LogP contribution is 2.25. The van der Waals surface area contributed by atoms with Crippen molar-refractivity contribution in [2.75, 3.05) is 6.61 Å². The van der Waals surface area contributed by atoms with Gasteiger partial charge in [-0.1, -0.05) is 29.8 Å². The van der Waals surface area contributed by atoms with Crippen molar-refractivity contribution >= 4 is 11.5 Å². The molecule has 0 atom stereocenters. The lowest BCUT2D eigenvalue weighted by atomic mass is 9.95. The number of carbonyl (C=O) groups excluding carboxylic acids is 1. The number of hydrogen-bond donors (Lipinski definition) is 0. The zero-order valence-electron chi connectivity index (χ0n) is 10.2. The third-order valence-corrected chi connectivity index (χ3v) is 2.67. The summed E-state index contributed by atoms with van der Waals surface area (Å²) in [6.07, 6.45) is 4.08. The SMILES string of the molecule is CC(C)=CCOC1=CC(=O)Cc2ccccc21. The van der Waals surface area contributed by atoms with Crippen LogP contribution in [0.4, 0.5) is 0 Å². The second-order valence-corrected chi connectivity index (χ2v) is 4.40. The second kappa shape index (κ2) is 5.00. The minimum absolute atomic E-state index is 0.107. The highest BCUT2D eigenvalue weighted by atomic mass is 16.5. The molecule has 88 valence electrons. The summed E-state index contributed by atoms with van der Waals surface area (Å²) < 4.78 is 5.65. The van der Waals surface area contributed by atoms with E-state index in [1.807, 2.05) is 44.2 Å². The summed E-state index contributed by atoms with van der Waals surface area (Å²) in [4.78, 5) is 11.6. The van der Waals surface area contributed by atoms with Crippen molar-refractivity contribution in [2.24, 2.45) is 0 Å². The maximum absolute atomic E-state index is 11.6. The van der Waals surface area contributed by atoms with Crippen molar-refractivity contribution in [1.82, 2.24) is 0 Å². The van der Waals surface area contributed by atoms with E-state index < -0.39 is 0 Å². The van der Waals surface area contributed by atoms with Crippen molar-refractivity contribution in [3.05, 3.63) is 53.1 Å². The topological polar surface area (TPSA) is 26.3 Å². The van der Waals surface area contributed by atoms with Gasteiger partial charge in [-0.25, -0.2) is 0 Å². The lowest BCUT2D eigenvalue weighted by molar-refractivity contribution is -0.114. The number of allylic oxidation sites excluding steroid dienone is 2. The van der Waals surface area contributed by atoms with Crippen molar-refractivity contribution in [1.29, 1.82) is 0 Å². The molecule has 2 rings (SSSR count). The van der Waals surface area contributed by atoms with Crippen LogP contribution in [-0.4, -0.2) is 12.4 Å². The molecule has 2 heteroatoms. The maximum Gasteiger partial charge on any atom is 0.163 e. The van der Waals surface area contributed by atoms with Gasteiger partial charge in [0.1, 0.15) is 12.4 Å². The van der Waals surface area contributed by atoms with Gasteiger partial charge in [0.2, 0.25) is 0 Å². The number of fused-ring (bicyclic) bond motifs is 1. The van der Waals surface area contributed by atoms with E-state index >= 15 is 0 Å². The average molecular weight is 228 g/mol.